The van der Waals surface area contributed by atoms with Crippen LogP contribution in [-0.4, -0.2) is 25.6 Å². The van der Waals surface area contributed by atoms with Crippen molar-refractivity contribution in [3.8, 4) is 5.75 Å². The topological polar surface area (TPSA) is 50.4 Å². The Morgan fingerprint density at radius 2 is 2.20 bits per heavy atom. The molecule has 1 unspecified atom stereocenters. The molecule has 20 heavy (non-hydrogen) atoms. The van der Waals surface area contributed by atoms with Crippen molar-refractivity contribution < 1.29 is 9.53 Å². The minimum atomic E-state index is -0.490. The van der Waals surface area contributed by atoms with E-state index in [-0.39, 0.29) is 5.91 Å². The van der Waals surface area contributed by atoms with Gasteiger partial charge in [0.05, 0.1) is 0 Å². The van der Waals surface area contributed by atoms with Crippen LogP contribution in [0.3, 0.4) is 0 Å². The second-order valence-corrected chi connectivity index (χ2v) is 5.54. The van der Waals surface area contributed by atoms with Gasteiger partial charge in [0, 0.05) is 17.6 Å². The fourth-order valence-corrected chi connectivity index (χ4v) is 2.13. The van der Waals surface area contributed by atoms with Crippen molar-refractivity contribution in [1.29, 1.82) is 0 Å². The van der Waals surface area contributed by atoms with Gasteiger partial charge in [-0.05, 0) is 44.2 Å². The molecule has 0 aromatic heterocycles. The summed E-state index contributed by atoms with van der Waals surface area (Å²) < 4.78 is 6.72. The molecule has 0 spiro atoms. The third kappa shape index (κ3) is 5.51. The lowest BCUT2D eigenvalue weighted by Gasteiger charge is -2.16. The van der Waals surface area contributed by atoms with Crippen LogP contribution in [0, 0.1) is 0 Å². The minimum absolute atomic E-state index is 0.0727. The first-order chi connectivity index (χ1) is 9.58. The van der Waals surface area contributed by atoms with Crippen LogP contribution in [0.5, 0.6) is 5.75 Å². The van der Waals surface area contributed by atoms with Crippen molar-refractivity contribution in [3.63, 3.8) is 0 Å². The number of halogens is 1. The van der Waals surface area contributed by atoms with Crippen LogP contribution in [0.15, 0.2) is 22.7 Å². The van der Waals surface area contributed by atoms with Crippen molar-refractivity contribution in [2.45, 2.75) is 39.3 Å². The Morgan fingerprint density at radius 1 is 1.45 bits per heavy atom. The summed E-state index contributed by atoms with van der Waals surface area (Å²) in [5.74, 6) is 0.633. The number of unbranched alkanes of at least 4 members (excludes halogenated alkanes) is 1. The van der Waals surface area contributed by atoms with E-state index in [0.717, 1.165) is 29.4 Å². The molecule has 1 atom stereocenters. The number of hydrogen-bond acceptors (Lipinski definition) is 3. The Labute approximate surface area is 129 Å². The van der Waals surface area contributed by atoms with Gasteiger partial charge in [0.15, 0.2) is 6.10 Å². The van der Waals surface area contributed by atoms with Crippen LogP contribution in [0.4, 0.5) is 0 Å². The second kappa shape index (κ2) is 8.97. The first kappa shape index (κ1) is 17.0. The Bertz CT molecular complexity index is 438. The summed E-state index contributed by atoms with van der Waals surface area (Å²) in [4.78, 5) is 11.8. The van der Waals surface area contributed by atoms with Gasteiger partial charge in [0.25, 0.3) is 5.91 Å². The molecular formula is C15H23BrN2O2. The van der Waals surface area contributed by atoms with E-state index >= 15 is 0 Å². The van der Waals surface area contributed by atoms with Gasteiger partial charge in [-0.2, -0.15) is 0 Å². The summed E-state index contributed by atoms with van der Waals surface area (Å²) in [5, 5.41) is 5.97. The first-order valence-electron chi connectivity index (χ1n) is 6.95. The molecule has 1 aromatic rings. The van der Waals surface area contributed by atoms with Crippen LogP contribution in [0.1, 0.15) is 32.3 Å². The largest absolute Gasteiger partial charge is 0.481 e. The van der Waals surface area contributed by atoms with Crippen LogP contribution in [0.2, 0.25) is 0 Å². The molecule has 0 fully saturated rings. The second-order valence-electron chi connectivity index (χ2n) is 4.69. The van der Waals surface area contributed by atoms with Crippen molar-refractivity contribution in [3.05, 3.63) is 28.2 Å². The maximum absolute atomic E-state index is 11.8. The predicted octanol–water partition coefficient (Wildman–Crippen LogP) is 2.85. The highest BCUT2D eigenvalue weighted by atomic mass is 79.9. The quantitative estimate of drug-likeness (QED) is 0.714. The van der Waals surface area contributed by atoms with Crippen LogP contribution in [0.25, 0.3) is 0 Å². The van der Waals surface area contributed by atoms with Crippen molar-refractivity contribution in [1.82, 2.24) is 10.6 Å². The molecule has 0 saturated heterocycles. The Balaban J connectivity index is 2.58. The smallest absolute Gasteiger partial charge is 0.260 e. The number of benzene rings is 1. The Hall–Kier alpha value is -1.07. The number of carbonyl (C=O) groups is 1. The van der Waals surface area contributed by atoms with E-state index in [1.807, 2.05) is 25.2 Å². The lowest BCUT2D eigenvalue weighted by Crippen LogP contribution is -2.36. The fraction of sp³-hybridized carbons (Fsp3) is 0.533. The van der Waals surface area contributed by atoms with Crippen molar-refractivity contribution in [2.24, 2.45) is 0 Å². The lowest BCUT2D eigenvalue weighted by atomic mass is 10.2. The zero-order chi connectivity index (χ0) is 15.0. The van der Waals surface area contributed by atoms with Gasteiger partial charge in [-0.3, -0.25) is 4.79 Å². The first-order valence-corrected chi connectivity index (χ1v) is 7.75. The molecule has 0 aliphatic carbocycles. The molecule has 1 rings (SSSR count). The van der Waals surface area contributed by atoms with Gasteiger partial charge < -0.3 is 15.4 Å². The van der Waals surface area contributed by atoms with Gasteiger partial charge >= 0.3 is 0 Å². The molecule has 0 aliphatic heterocycles. The van der Waals surface area contributed by atoms with Crippen LogP contribution in [-0.2, 0) is 11.3 Å². The average Bonchev–Trinajstić information content (AvgIpc) is 2.43. The van der Waals surface area contributed by atoms with Crippen molar-refractivity contribution >= 4 is 21.8 Å². The Kier molecular flexibility index (Phi) is 7.62. The molecule has 0 radical (unpaired) electrons. The predicted molar refractivity (Wildman–Crippen MR) is 84.9 cm³/mol. The van der Waals surface area contributed by atoms with E-state index in [0.29, 0.717) is 12.3 Å². The monoisotopic (exact) mass is 342 g/mol. The van der Waals surface area contributed by atoms with E-state index in [9.17, 15) is 4.79 Å². The van der Waals surface area contributed by atoms with Gasteiger partial charge in [-0.25, -0.2) is 0 Å². The van der Waals surface area contributed by atoms with Gasteiger partial charge in [0.1, 0.15) is 5.75 Å². The third-order valence-electron chi connectivity index (χ3n) is 2.90. The summed E-state index contributed by atoms with van der Waals surface area (Å²) in [6.07, 6.45) is 1.56. The van der Waals surface area contributed by atoms with E-state index in [2.05, 4.69) is 33.5 Å². The number of carbonyl (C=O) groups excluding carboxylic acids is 1. The molecule has 0 heterocycles. The highest BCUT2D eigenvalue weighted by Gasteiger charge is 2.14. The molecule has 2 N–H and O–H groups in total. The van der Waals surface area contributed by atoms with Gasteiger partial charge in [0.2, 0.25) is 0 Å². The SMILES string of the molecule is CCCCNC(=O)C(C)Oc1ccc(Br)c(CNC)c1. The van der Waals surface area contributed by atoms with Crippen LogP contribution < -0.4 is 15.4 Å². The van der Waals surface area contributed by atoms with Gasteiger partial charge in [-0.1, -0.05) is 29.3 Å². The van der Waals surface area contributed by atoms with E-state index in [4.69, 9.17) is 4.74 Å². The molecule has 112 valence electrons. The molecule has 1 aromatic carbocycles. The summed E-state index contributed by atoms with van der Waals surface area (Å²) >= 11 is 3.49. The number of ether oxygens (including phenoxy) is 1. The van der Waals surface area contributed by atoms with Crippen LogP contribution >= 0.6 is 15.9 Å². The maximum Gasteiger partial charge on any atom is 0.260 e. The van der Waals surface area contributed by atoms with Gasteiger partial charge in [-0.15, -0.1) is 0 Å². The zero-order valence-corrected chi connectivity index (χ0v) is 13.9. The average molecular weight is 343 g/mol. The molecule has 1 amide bonds. The Morgan fingerprint density at radius 3 is 2.85 bits per heavy atom. The zero-order valence-electron chi connectivity index (χ0n) is 12.3. The highest BCUT2D eigenvalue weighted by molar-refractivity contribution is 9.10. The maximum atomic E-state index is 11.8. The normalized spacial score (nSPS) is 12.0. The summed E-state index contributed by atoms with van der Waals surface area (Å²) in [6.45, 7) is 5.31. The molecule has 5 heteroatoms. The summed E-state index contributed by atoms with van der Waals surface area (Å²) in [7, 11) is 1.89. The minimum Gasteiger partial charge on any atom is -0.481 e. The molecule has 0 bridgehead atoms. The molecular weight excluding hydrogens is 320 g/mol. The standard InChI is InChI=1S/C15H23BrN2O2/c1-4-5-8-18-15(19)11(2)20-13-6-7-14(16)12(9-13)10-17-3/h6-7,9,11,17H,4-5,8,10H2,1-3H3,(H,18,19). The number of rotatable bonds is 8. The van der Waals surface area contributed by atoms with E-state index in [1.54, 1.807) is 6.92 Å². The third-order valence-corrected chi connectivity index (χ3v) is 3.67. The summed E-state index contributed by atoms with van der Waals surface area (Å²) in [6, 6.07) is 5.74. The molecule has 0 aliphatic rings. The van der Waals surface area contributed by atoms with Crippen molar-refractivity contribution in [2.75, 3.05) is 13.6 Å². The number of hydrogen-bond donors (Lipinski definition) is 2. The summed E-state index contributed by atoms with van der Waals surface area (Å²) in [5.41, 5.74) is 1.10. The molecule has 4 nitrogen and oxygen atoms in total. The lowest BCUT2D eigenvalue weighted by molar-refractivity contribution is -0.127. The molecule has 0 saturated carbocycles. The fourth-order valence-electron chi connectivity index (χ4n) is 1.74. The highest BCUT2D eigenvalue weighted by Crippen LogP contribution is 2.23. The number of nitrogens with one attached hydrogen (secondary N) is 2. The number of amides is 1. The van der Waals surface area contributed by atoms with E-state index in [1.165, 1.54) is 0 Å². The van der Waals surface area contributed by atoms with E-state index < -0.39 is 6.10 Å².